The highest BCUT2D eigenvalue weighted by molar-refractivity contribution is 6.58. The molecule has 0 heterocycles. The van der Waals surface area contributed by atoms with Crippen LogP contribution in [0.1, 0.15) is 13.8 Å². The summed E-state index contributed by atoms with van der Waals surface area (Å²) in [6.07, 6.45) is 0. The molecule has 1 rings (SSSR count). The normalized spacial score (nSPS) is 17.0. The number of Topliss-reactive ketones (excluding diaryl/α,β-unsaturated/α-hetero) is 2. The van der Waals surface area contributed by atoms with E-state index in [-0.39, 0.29) is 34.8 Å². The van der Waals surface area contributed by atoms with Crippen molar-refractivity contribution in [3.63, 3.8) is 0 Å². The van der Waals surface area contributed by atoms with Crippen LogP contribution >= 0.6 is 23.2 Å². The van der Waals surface area contributed by atoms with Gasteiger partial charge >= 0.3 is 0 Å². The van der Waals surface area contributed by atoms with E-state index < -0.39 is 11.6 Å². The lowest BCUT2D eigenvalue weighted by molar-refractivity contribution is -0.121. The number of ketones is 2. The van der Waals surface area contributed by atoms with E-state index in [1.54, 1.807) is 13.8 Å². The minimum Gasteiger partial charge on any atom is -0.488 e. The minimum absolute atomic E-state index is 0.206. The van der Waals surface area contributed by atoms with Gasteiger partial charge in [-0.25, -0.2) is 0 Å². The topological polar surface area (TPSA) is 52.6 Å². The Morgan fingerprint density at radius 2 is 1.25 bits per heavy atom. The SMILES string of the molecule is CCOC1=C(Cl)C(=O)C(Cl)=C(OCC)C1=O. The molecular formula is C10H10Cl2O4. The molecule has 0 atom stereocenters. The van der Waals surface area contributed by atoms with E-state index in [0.29, 0.717) is 0 Å². The molecule has 88 valence electrons. The van der Waals surface area contributed by atoms with E-state index in [2.05, 4.69) is 0 Å². The highest BCUT2D eigenvalue weighted by Gasteiger charge is 2.35. The summed E-state index contributed by atoms with van der Waals surface area (Å²) in [5.41, 5.74) is 0. The van der Waals surface area contributed by atoms with Crippen molar-refractivity contribution in [2.45, 2.75) is 13.8 Å². The van der Waals surface area contributed by atoms with Crippen LogP contribution in [0, 0.1) is 0 Å². The standard InChI is InChI=1S/C10H10Cl2O4/c1-3-15-9-5(11)7(13)6(12)10(8(9)14)16-4-2/h3-4H2,1-2H3. The smallest absolute Gasteiger partial charge is 0.265 e. The second kappa shape index (κ2) is 5.37. The van der Waals surface area contributed by atoms with Crippen LogP contribution in [0.3, 0.4) is 0 Å². The Kier molecular flexibility index (Phi) is 4.38. The van der Waals surface area contributed by atoms with E-state index in [1.807, 2.05) is 0 Å². The third-order valence-corrected chi connectivity index (χ3v) is 2.47. The summed E-state index contributed by atoms with van der Waals surface area (Å²) in [6.45, 7) is 3.80. The third-order valence-electron chi connectivity index (χ3n) is 1.79. The molecule has 0 radical (unpaired) electrons. The number of ether oxygens (including phenoxy) is 2. The number of hydrogen-bond acceptors (Lipinski definition) is 4. The third kappa shape index (κ3) is 2.23. The molecule has 1 aliphatic rings. The average Bonchev–Trinajstić information content (AvgIpc) is 2.28. The molecule has 0 bridgehead atoms. The summed E-state index contributed by atoms with van der Waals surface area (Å²) in [4.78, 5) is 23.3. The molecule has 0 N–H and O–H groups in total. The molecule has 0 aromatic carbocycles. The molecule has 0 amide bonds. The fourth-order valence-electron chi connectivity index (χ4n) is 1.15. The molecule has 0 saturated carbocycles. The van der Waals surface area contributed by atoms with Gasteiger partial charge in [0.15, 0.2) is 11.5 Å². The van der Waals surface area contributed by atoms with Crippen molar-refractivity contribution in [1.29, 1.82) is 0 Å². The lowest BCUT2D eigenvalue weighted by atomic mass is 10.1. The van der Waals surface area contributed by atoms with Crippen LogP contribution in [0.2, 0.25) is 0 Å². The lowest BCUT2D eigenvalue weighted by Gasteiger charge is -2.17. The Morgan fingerprint density at radius 3 is 1.56 bits per heavy atom. The molecule has 0 saturated heterocycles. The fraction of sp³-hybridized carbons (Fsp3) is 0.400. The zero-order valence-corrected chi connectivity index (χ0v) is 10.3. The minimum atomic E-state index is -0.658. The van der Waals surface area contributed by atoms with Crippen molar-refractivity contribution < 1.29 is 19.1 Å². The zero-order valence-electron chi connectivity index (χ0n) is 8.80. The van der Waals surface area contributed by atoms with Gasteiger partial charge in [-0.15, -0.1) is 0 Å². The molecule has 0 aromatic heterocycles. The van der Waals surface area contributed by atoms with Crippen molar-refractivity contribution in [3.05, 3.63) is 21.6 Å². The highest BCUT2D eigenvalue weighted by Crippen LogP contribution is 2.30. The average molecular weight is 265 g/mol. The van der Waals surface area contributed by atoms with Crippen LogP contribution in [-0.4, -0.2) is 24.8 Å². The fourth-order valence-corrected chi connectivity index (χ4v) is 1.67. The molecule has 0 unspecified atom stereocenters. The maximum atomic E-state index is 11.8. The quantitative estimate of drug-likeness (QED) is 0.730. The van der Waals surface area contributed by atoms with Gasteiger partial charge in [0, 0.05) is 0 Å². The number of halogens is 2. The summed E-state index contributed by atoms with van der Waals surface area (Å²) in [5.74, 6) is -1.67. The Labute approximate surface area is 103 Å². The summed E-state index contributed by atoms with van der Waals surface area (Å²) >= 11 is 11.4. The second-order valence-electron chi connectivity index (χ2n) is 2.81. The first-order chi connectivity index (χ1) is 7.54. The summed E-state index contributed by atoms with van der Waals surface area (Å²) in [5, 5.41) is -0.611. The van der Waals surface area contributed by atoms with Crippen molar-refractivity contribution in [2.24, 2.45) is 0 Å². The van der Waals surface area contributed by atoms with Crippen LogP contribution in [0.25, 0.3) is 0 Å². The van der Waals surface area contributed by atoms with Gasteiger partial charge in [-0.2, -0.15) is 0 Å². The van der Waals surface area contributed by atoms with Crippen molar-refractivity contribution in [3.8, 4) is 0 Å². The predicted molar refractivity (Wildman–Crippen MR) is 59.0 cm³/mol. The molecular weight excluding hydrogens is 255 g/mol. The largest absolute Gasteiger partial charge is 0.488 e. The maximum absolute atomic E-state index is 11.8. The first-order valence-corrected chi connectivity index (χ1v) is 5.44. The van der Waals surface area contributed by atoms with Crippen molar-refractivity contribution in [2.75, 3.05) is 13.2 Å². The van der Waals surface area contributed by atoms with Gasteiger partial charge in [0.2, 0.25) is 5.78 Å². The number of hydrogen-bond donors (Lipinski definition) is 0. The van der Waals surface area contributed by atoms with Gasteiger partial charge in [0.1, 0.15) is 10.1 Å². The van der Waals surface area contributed by atoms with E-state index in [0.717, 1.165) is 0 Å². The van der Waals surface area contributed by atoms with E-state index in [1.165, 1.54) is 0 Å². The Balaban J connectivity index is 3.16. The molecule has 0 spiro atoms. The first-order valence-electron chi connectivity index (χ1n) is 4.69. The van der Waals surface area contributed by atoms with Crippen LogP contribution in [0.4, 0.5) is 0 Å². The van der Waals surface area contributed by atoms with Crippen LogP contribution in [-0.2, 0) is 19.1 Å². The maximum Gasteiger partial charge on any atom is 0.265 e. The summed E-state index contributed by atoms with van der Waals surface area (Å²) < 4.78 is 10.0. The van der Waals surface area contributed by atoms with E-state index in [4.69, 9.17) is 32.7 Å². The van der Waals surface area contributed by atoms with Gasteiger partial charge in [-0.05, 0) is 13.8 Å². The highest BCUT2D eigenvalue weighted by atomic mass is 35.5. The monoisotopic (exact) mass is 264 g/mol. The molecule has 0 fully saturated rings. The van der Waals surface area contributed by atoms with Gasteiger partial charge in [-0.3, -0.25) is 9.59 Å². The number of rotatable bonds is 4. The molecule has 0 aromatic rings. The van der Waals surface area contributed by atoms with Crippen molar-refractivity contribution >= 4 is 34.8 Å². The number of carbonyl (C=O) groups excluding carboxylic acids is 2. The van der Waals surface area contributed by atoms with E-state index in [9.17, 15) is 9.59 Å². The predicted octanol–water partition coefficient (Wildman–Crippen LogP) is 2.11. The zero-order chi connectivity index (χ0) is 12.3. The van der Waals surface area contributed by atoms with Gasteiger partial charge < -0.3 is 9.47 Å². The molecule has 16 heavy (non-hydrogen) atoms. The van der Waals surface area contributed by atoms with Crippen LogP contribution in [0.15, 0.2) is 21.6 Å². The van der Waals surface area contributed by atoms with Gasteiger partial charge in [0.05, 0.1) is 13.2 Å². The Morgan fingerprint density at radius 1 is 0.875 bits per heavy atom. The van der Waals surface area contributed by atoms with E-state index >= 15 is 0 Å². The van der Waals surface area contributed by atoms with Crippen molar-refractivity contribution in [1.82, 2.24) is 0 Å². The van der Waals surface area contributed by atoms with Gasteiger partial charge in [0.25, 0.3) is 5.78 Å². The Bertz CT molecular complexity index is 362. The molecule has 6 heteroatoms. The van der Waals surface area contributed by atoms with Gasteiger partial charge in [-0.1, -0.05) is 23.2 Å². The second-order valence-corrected chi connectivity index (χ2v) is 3.57. The first kappa shape index (κ1) is 13.1. The number of allylic oxidation sites excluding steroid dienone is 2. The lowest BCUT2D eigenvalue weighted by Crippen LogP contribution is -2.23. The summed E-state index contributed by atoms with van der Waals surface area (Å²) in [7, 11) is 0. The van der Waals surface area contributed by atoms with Crippen LogP contribution < -0.4 is 0 Å². The Hall–Kier alpha value is -1.00. The number of carbonyl (C=O) groups is 2. The molecule has 1 aliphatic carbocycles. The molecule has 0 aliphatic heterocycles. The van der Waals surface area contributed by atoms with Crippen LogP contribution in [0.5, 0.6) is 0 Å². The summed E-state index contributed by atoms with van der Waals surface area (Å²) in [6, 6.07) is 0. The molecule has 4 nitrogen and oxygen atoms in total.